The third-order valence-electron chi connectivity index (χ3n) is 4.45. The molecule has 0 radical (unpaired) electrons. The predicted molar refractivity (Wildman–Crippen MR) is 104 cm³/mol. The molecule has 1 fully saturated rings. The summed E-state index contributed by atoms with van der Waals surface area (Å²) in [7, 11) is 1.58. The number of anilines is 1. The van der Waals surface area contributed by atoms with E-state index >= 15 is 0 Å². The molecule has 5 nitrogen and oxygen atoms in total. The highest BCUT2D eigenvalue weighted by Crippen LogP contribution is 2.25. The predicted octanol–water partition coefficient (Wildman–Crippen LogP) is 4.40. The number of hydrogen-bond donors (Lipinski definition) is 1. The van der Waals surface area contributed by atoms with Crippen LogP contribution in [0, 0.1) is 5.92 Å². The van der Waals surface area contributed by atoms with E-state index in [1.54, 1.807) is 19.2 Å². The molecular formula is C18H22BrN3O2S. The van der Waals surface area contributed by atoms with Crippen LogP contribution in [0.25, 0.3) is 0 Å². The van der Waals surface area contributed by atoms with Crippen molar-refractivity contribution >= 4 is 38.3 Å². The lowest BCUT2D eigenvalue weighted by atomic mass is 9.99. The Kier molecular flexibility index (Phi) is 6.09. The summed E-state index contributed by atoms with van der Waals surface area (Å²) in [5.74, 6) is 1.27. The molecule has 0 saturated carbocycles. The Morgan fingerprint density at radius 3 is 2.92 bits per heavy atom. The molecule has 2 aromatic rings. The van der Waals surface area contributed by atoms with Crippen molar-refractivity contribution < 1.29 is 9.53 Å². The van der Waals surface area contributed by atoms with Gasteiger partial charge in [-0.2, -0.15) is 0 Å². The van der Waals surface area contributed by atoms with Crippen molar-refractivity contribution in [3.05, 3.63) is 39.3 Å². The highest BCUT2D eigenvalue weighted by Gasteiger charge is 2.18. The Labute approximate surface area is 160 Å². The summed E-state index contributed by atoms with van der Waals surface area (Å²) >= 11 is 4.87. The maximum Gasteiger partial charge on any atom is 0.258 e. The van der Waals surface area contributed by atoms with E-state index in [-0.39, 0.29) is 5.91 Å². The topological polar surface area (TPSA) is 54.5 Å². The number of halogens is 1. The van der Waals surface area contributed by atoms with Gasteiger partial charge in [-0.1, -0.05) is 6.92 Å². The molecule has 0 spiro atoms. The number of hydrogen-bond acceptors (Lipinski definition) is 5. The zero-order valence-electron chi connectivity index (χ0n) is 14.4. The summed E-state index contributed by atoms with van der Waals surface area (Å²) in [6.45, 7) is 5.40. The lowest BCUT2D eigenvalue weighted by molar-refractivity contribution is 0.102. The second kappa shape index (κ2) is 8.29. The van der Waals surface area contributed by atoms with Gasteiger partial charge in [0.25, 0.3) is 5.91 Å². The van der Waals surface area contributed by atoms with Crippen molar-refractivity contribution in [1.29, 1.82) is 0 Å². The van der Waals surface area contributed by atoms with Gasteiger partial charge in [-0.25, -0.2) is 4.98 Å². The van der Waals surface area contributed by atoms with Gasteiger partial charge < -0.3 is 4.74 Å². The maximum atomic E-state index is 12.5. The summed E-state index contributed by atoms with van der Waals surface area (Å²) in [6, 6.07) is 5.32. The fourth-order valence-corrected chi connectivity index (χ4v) is 3.98. The van der Waals surface area contributed by atoms with Crippen molar-refractivity contribution in [1.82, 2.24) is 9.88 Å². The first-order valence-corrected chi connectivity index (χ1v) is 10.0. The molecule has 25 heavy (non-hydrogen) atoms. The zero-order valence-corrected chi connectivity index (χ0v) is 16.8. The van der Waals surface area contributed by atoms with Crippen LogP contribution >= 0.6 is 27.3 Å². The van der Waals surface area contributed by atoms with Crippen LogP contribution in [0.2, 0.25) is 0 Å². The number of amides is 1. The second-order valence-electron chi connectivity index (χ2n) is 6.40. The van der Waals surface area contributed by atoms with Gasteiger partial charge in [0.05, 0.1) is 18.4 Å². The minimum absolute atomic E-state index is 0.196. The van der Waals surface area contributed by atoms with Crippen LogP contribution in [0.1, 0.15) is 35.8 Å². The molecule has 1 amide bonds. The van der Waals surface area contributed by atoms with E-state index in [0.717, 1.165) is 35.7 Å². The van der Waals surface area contributed by atoms with Crippen LogP contribution in [-0.2, 0) is 6.54 Å². The van der Waals surface area contributed by atoms with Gasteiger partial charge >= 0.3 is 0 Å². The SMILES string of the molecule is COc1ccc(Br)c(C(=O)Nc2nc(CN3CCC(C)CC3)cs2)c1. The van der Waals surface area contributed by atoms with E-state index < -0.39 is 0 Å². The molecule has 0 aliphatic carbocycles. The van der Waals surface area contributed by atoms with E-state index in [1.807, 2.05) is 11.4 Å². The van der Waals surface area contributed by atoms with Gasteiger partial charge in [0.1, 0.15) is 5.75 Å². The van der Waals surface area contributed by atoms with Gasteiger partial charge in [-0.05, 0) is 66.0 Å². The van der Waals surface area contributed by atoms with E-state index in [0.29, 0.717) is 16.4 Å². The van der Waals surface area contributed by atoms with Crippen molar-refractivity contribution in [3.63, 3.8) is 0 Å². The molecule has 134 valence electrons. The lowest BCUT2D eigenvalue weighted by Gasteiger charge is -2.29. The number of benzene rings is 1. The van der Waals surface area contributed by atoms with Crippen LogP contribution in [-0.4, -0.2) is 36.0 Å². The maximum absolute atomic E-state index is 12.5. The average Bonchev–Trinajstić information content (AvgIpc) is 3.04. The number of thiazole rings is 1. The highest BCUT2D eigenvalue weighted by atomic mass is 79.9. The van der Waals surface area contributed by atoms with Crippen LogP contribution in [0.5, 0.6) is 5.75 Å². The number of ether oxygens (including phenoxy) is 1. The van der Waals surface area contributed by atoms with Crippen LogP contribution in [0.4, 0.5) is 5.13 Å². The fourth-order valence-electron chi connectivity index (χ4n) is 2.86. The summed E-state index contributed by atoms with van der Waals surface area (Å²) in [6.07, 6.45) is 2.50. The first-order chi connectivity index (χ1) is 12.0. The monoisotopic (exact) mass is 423 g/mol. The number of carbonyl (C=O) groups excluding carboxylic acids is 1. The molecule has 1 aliphatic rings. The van der Waals surface area contributed by atoms with E-state index in [4.69, 9.17) is 4.74 Å². The molecule has 3 rings (SSSR count). The number of aromatic nitrogens is 1. The smallest absolute Gasteiger partial charge is 0.258 e. The number of likely N-dealkylation sites (tertiary alicyclic amines) is 1. The fraction of sp³-hybridized carbons (Fsp3) is 0.444. The van der Waals surface area contributed by atoms with Crippen molar-refractivity contribution in [3.8, 4) is 5.75 Å². The standard InChI is InChI=1S/C18H22BrN3O2S/c1-12-5-7-22(8-6-12)10-13-11-25-18(20-13)21-17(23)15-9-14(24-2)3-4-16(15)19/h3-4,9,11-12H,5-8,10H2,1-2H3,(H,20,21,23). The van der Waals surface area contributed by atoms with Gasteiger partial charge in [-0.3, -0.25) is 15.0 Å². The number of methoxy groups -OCH3 is 1. The highest BCUT2D eigenvalue weighted by molar-refractivity contribution is 9.10. The molecule has 1 N–H and O–H groups in total. The minimum Gasteiger partial charge on any atom is -0.497 e. The van der Waals surface area contributed by atoms with Gasteiger partial charge in [0, 0.05) is 16.4 Å². The molecule has 2 heterocycles. The third-order valence-corrected chi connectivity index (χ3v) is 5.95. The van der Waals surface area contributed by atoms with E-state index in [9.17, 15) is 4.79 Å². The Bertz CT molecular complexity index is 742. The molecule has 7 heteroatoms. The van der Waals surface area contributed by atoms with Crippen molar-refractivity contribution in [2.24, 2.45) is 5.92 Å². The summed E-state index contributed by atoms with van der Waals surface area (Å²) < 4.78 is 5.91. The van der Waals surface area contributed by atoms with Gasteiger partial charge in [0.2, 0.25) is 0 Å². The third kappa shape index (κ3) is 4.80. The number of nitrogens with one attached hydrogen (secondary N) is 1. The van der Waals surface area contributed by atoms with E-state index in [2.05, 4.69) is 38.1 Å². The van der Waals surface area contributed by atoms with Crippen LogP contribution < -0.4 is 10.1 Å². The number of carbonyl (C=O) groups is 1. The second-order valence-corrected chi connectivity index (χ2v) is 8.12. The van der Waals surface area contributed by atoms with E-state index in [1.165, 1.54) is 24.2 Å². The summed E-state index contributed by atoms with van der Waals surface area (Å²) in [5, 5.41) is 5.53. The summed E-state index contributed by atoms with van der Waals surface area (Å²) in [4.78, 5) is 19.5. The lowest BCUT2D eigenvalue weighted by Crippen LogP contribution is -2.32. The zero-order chi connectivity index (χ0) is 17.8. The largest absolute Gasteiger partial charge is 0.497 e. The van der Waals surface area contributed by atoms with Crippen LogP contribution in [0.15, 0.2) is 28.1 Å². The molecule has 0 atom stereocenters. The Balaban J connectivity index is 1.62. The van der Waals surface area contributed by atoms with Crippen LogP contribution in [0.3, 0.4) is 0 Å². The quantitative estimate of drug-likeness (QED) is 0.773. The molecule has 1 saturated heterocycles. The molecular weight excluding hydrogens is 402 g/mol. The number of piperidine rings is 1. The minimum atomic E-state index is -0.196. The Hall–Kier alpha value is -1.44. The average molecular weight is 424 g/mol. The Morgan fingerprint density at radius 1 is 1.44 bits per heavy atom. The van der Waals surface area contributed by atoms with Crippen molar-refractivity contribution in [2.45, 2.75) is 26.3 Å². The summed E-state index contributed by atoms with van der Waals surface area (Å²) in [5.41, 5.74) is 1.54. The molecule has 1 aromatic carbocycles. The number of rotatable bonds is 5. The first-order valence-electron chi connectivity index (χ1n) is 8.37. The number of nitrogens with zero attached hydrogens (tertiary/aromatic N) is 2. The Morgan fingerprint density at radius 2 is 2.20 bits per heavy atom. The molecule has 0 bridgehead atoms. The van der Waals surface area contributed by atoms with Gasteiger partial charge in [-0.15, -0.1) is 11.3 Å². The molecule has 1 aromatic heterocycles. The first kappa shape index (κ1) is 18.4. The van der Waals surface area contributed by atoms with Gasteiger partial charge in [0.15, 0.2) is 5.13 Å². The molecule has 1 aliphatic heterocycles. The molecule has 0 unspecified atom stereocenters. The van der Waals surface area contributed by atoms with Crippen molar-refractivity contribution in [2.75, 3.05) is 25.5 Å². The normalized spacial score (nSPS) is 16.0.